The molecule has 0 N–H and O–H groups in total. The molecule has 1 aromatic heterocycles. The Kier molecular flexibility index (Phi) is 3.04. The van der Waals surface area contributed by atoms with Crippen molar-refractivity contribution in [1.29, 1.82) is 0 Å². The Hall–Kier alpha value is -1.42. The summed E-state index contributed by atoms with van der Waals surface area (Å²) in [6.45, 7) is 4.64. The molecule has 0 unspecified atom stereocenters. The van der Waals surface area contributed by atoms with Gasteiger partial charge in [-0.2, -0.15) is 0 Å². The quantitative estimate of drug-likeness (QED) is 0.835. The molecule has 3 rings (SSSR count). The number of ether oxygens (including phenoxy) is 1. The molecule has 0 aliphatic carbocycles. The lowest BCUT2D eigenvalue weighted by atomic mass is 10.1. The minimum absolute atomic E-state index is 0.223. The number of hydrogen-bond donors (Lipinski definition) is 0. The highest BCUT2D eigenvalue weighted by Crippen LogP contribution is 2.22. The van der Waals surface area contributed by atoms with Gasteiger partial charge in [-0.15, -0.1) is 0 Å². The van der Waals surface area contributed by atoms with E-state index in [9.17, 15) is 4.39 Å². The molecule has 0 amide bonds. The second-order valence-electron chi connectivity index (χ2n) is 4.84. The van der Waals surface area contributed by atoms with Crippen molar-refractivity contribution in [1.82, 2.24) is 9.55 Å². The van der Waals surface area contributed by atoms with Crippen molar-refractivity contribution in [3.05, 3.63) is 29.8 Å². The molecule has 0 spiro atoms. The Bertz CT molecular complexity index is 558. The third-order valence-electron chi connectivity index (χ3n) is 3.60. The van der Waals surface area contributed by atoms with Crippen LogP contribution >= 0.6 is 0 Å². The Labute approximate surface area is 106 Å². The third-order valence-corrected chi connectivity index (χ3v) is 3.60. The zero-order valence-corrected chi connectivity index (χ0v) is 10.5. The zero-order valence-electron chi connectivity index (χ0n) is 10.5. The van der Waals surface area contributed by atoms with Crippen molar-refractivity contribution >= 4 is 11.0 Å². The summed E-state index contributed by atoms with van der Waals surface area (Å²) in [5.41, 5.74) is 1.78. The van der Waals surface area contributed by atoms with Gasteiger partial charge < -0.3 is 9.30 Å². The van der Waals surface area contributed by atoms with Gasteiger partial charge in [0.1, 0.15) is 11.6 Å². The first-order valence-electron chi connectivity index (χ1n) is 6.50. The Balaban J connectivity index is 1.99. The standard InChI is InChI=1S/C14H17FN2O/c1-2-17-13-4-3-11(15)8-12(13)16-14(17)7-10-5-6-18-9-10/h3-4,8,10H,2,5-7,9H2,1H3/t10-/m1/s1. The topological polar surface area (TPSA) is 27.1 Å². The summed E-state index contributed by atoms with van der Waals surface area (Å²) in [6, 6.07) is 4.82. The lowest BCUT2D eigenvalue weighted by Crippen LogP contribution is -2.09. The van der Waals surface area contributed by atoms with Gasteiger partial charge in [0, 0.05) is 32.2 Å². The van der Waals surface area contributed by atoms with Crippen LogP contribution in [0.25, 0.3) is 11.0 Å². The lowest BCUT2D eigenvalue weighted by molar-refractivity contribution is 0.185. The molecule has 4 heteroatoms. The van der Waals surface area contributed by atoms with Crippen molar-refractivity contribution in [2.75, 3.05) is 13.2 Å². The monoisotopic (exact) mass is 248 g/mol. The molecule has 18 heavy (non-hydrogen) atoms. The largest absolute Gasteiger partial charge is 0.381 e. The summed E-state index contributed by atoms with van der Waals surface area (Å²) in [5.74, 6) is 1.38. The minimum Gasteiger partial charge on any atom is -0.381 e. The lowest BCUT2D eigenvalue weighted by Gasteiger charge is -2.09. The Morgan fingerprint density at radius 1 is 1.50 bits per heavy atom. The van der Waals surface area contributed by atoms with Crippen LogP contribution in [0.4, 0.5) is 4.39 Å². The molecule has 96 valence electrons. The fourth-order valence-electron chi connectivity index (χ4n) is 2.66. The molecule has 1 atom stereocenters. The van der Waals surface area contributed by atoms with Gasteiger partial charge in [-0.3, -0.25) is 0 Å². The van der Waals surface area contributed by atoms with Crippen LogP contribution < -0.4 is 0 Å². The van der Waals surface area contributed by atoms with Gasteiger partial charge in [-0.05, 0) is 31.4 Å². The van der Waals surface area contributed by atoms with Crippen LogP contribution in [0.3, 0.4) is 0 Å². The second-order valence-corrected chi connectivity index (χ2v) is 4.84. The van der Waals surface area contributed by atoms with E-state index in [0.29, 0.717) is 5.92 Å². The molecule has 1 fully saturated rings. The van der Waals surface area contributed by atoms with Crippen LogP contribution in [0.2, 0.25) is 0 Å². The smallest absolute Gasteiger partial charge is 0.125 e. The maximum atomic E-state index is 13.2. The van der Waals surface area contributed by atoms with Gasteiger partial charge in [0.05, 0.1) is 11.0 Å². The van der Waals surface area contributed by atoms with Crippen LogP contribution in [0.15, 0.2) is 18.2 Å². The second kappa shape index (κ2) is 4.69. The fourth-order valence-corrected chi connectivity index (χ4v) is 2.66. The number of benzene rings is 1. The number of imidazole rings is 1. The van der Waals surface area contributed by atoms with Crippen LogP contribution in [-0.2, 0) is 17.7 Å². The average molecular weight is 248 g/mol. The van der Waals surface area contributed by atoms with Crippen molar-refractivity contribution in [2.45, 2.75) is 26.3 Å². The van der Waals surface area contributed by atoms with Gasteiger partial charge >= 0.3 is 0 Å². The van der Waals surface area contributed by atoms with E-state index < -0.39 is 0 Å². The van der Waals surface area contributed by atoms with Crippen LogP contribution in [0, 0.1) is 11.7 Å². The Morgan fingerprint density at radius 3 is 3.11 bits per heavy atom. The molecular weight excluding hydrogens is 231 g/mol. The van der Waals surface area contributed by atoms with E-state index in [2.05, 4.69) is 16.5 Å². The van der Waals surface area contributed by atoms with E-state index in [1.165, 1.54) is 12.1 Å². The number of fused-ring (bicyclic) bond motifs is 1. The molecule has 0 bridgehead atoms. The van der Waals surface area contributed by atoms with Gasteiger partial charge in [-0.1, -0.05) is 0 Å². The van der Waals surface area contributed by atoms with Crippen molar-refractivity contribution < 1.29 is 9.13 Å². The maximum Gasteiger partial charge on any atom is 0.125 e. The third kappa shape index (κ3) is 2.01. The summed E-state index contributed by atoms with van der Waals surface area (Å²) in [4.78, 5) is 4.58. The SMILES string of the molecule is CCn1c(C[C@H]2CCOC2)nc2cc(F)ccc21. The molecular formula is C14H17FN2O. The van der Waals surface area contributed by atoms with Gasteiger partial charge in [0.15, 0.2) is 0 Å². The predicted octanol–water partition coefficient (Wildman–Crippen LogP) is 2.77. The van der Waals surface area contributed by atoms with Crippen molar-refractivity contribution in [3.63, 3.8) is 0 Å². The van der Waals surface area contributed by atoms with Crippen molar-refractivity contribution in [2.24, 2.45) is 5.92 Å². The molecule has 1 aliphatic rings. The van der Waals surface area contributed by atoms with Crippen LogP contribution in [0.5, 0.6) is 0 Å². The van der Waals surface area contributed by atoms with Gasteiger partial charge in [0.25, 0.3) is 0 Å². The van der Waals surface area contributed by atoms with Crippen LogP contribution in [-0.4, -0.2) is 22.8 Å². The minimum atomic E-state index is -0.223. The number of hydrogen-bond acceptors (Lipinski definition) is 2. The summed E-state index contributed by atoms with van der Waals surface area (Å²) in [7, 11) is 0. The van der Waals surface area contributed by atoms with E-state index in [0.717, 1.165) is 49.5 Å². The van der Waals surface area contributed by atoms with E-state index in [-0.39, 0.29) is 5.82 Å². The number of rotatable bonds is 3. The van der Waals surface area contributed by atoms with Crippen LogP contribution in [0.1, 0.15) is 19.2 Å². The number of halogens is 1. The molecule has 1 aliphatic heterocycles. The number of aromatic nitrogens is 2. The van der Waals surface area contributed by atoms with E-state index in [1.807, 2.05) is 6.07 Å². The molecule has 0 saturated carbocycles. The summed E-state index contributed by atoms with van der Waals surface area (Å²) >= 11 is 0. The predicted molar refractivity (Wildman–Crippen MR) is 68.0 cm³/mol. The Morgan fingerprint density at radius 2 is 2.39 bits per heavy atom. The summed E-state index contributed by atoms with van der Waals surface area (Å²) in [6.07, 6.45) is 2.02. The van der Waals surface area contributed by atoms with Gasteiger partial charge in [-0.25, -0.2) is 9.37 Å². The maximum absolute atomic E-state index is 13.2. The summed E-state index contributed by atoms with van der Waals surface area (Å²) in [5, 5.41) is 0. The highest BCUT2D eigenvalue weighted by atomic mass is 19.1. The van der Waals surface area contributed by atoms with Crippen molar-refractivity contribution in [3.8, 4) is 0 Å². The average Bonchev–Trinajstić information content (AvgIpc) is 2.96. The molecule has 1 aromatic carbocycles. The first kappa shape index (κ1) is 11.7. The van der Waals surface area contributed by atoms with E-state index in [4.69, 9.17) is 4.74 Å². The molecule has 3 nitrogen and oxygen atoms in total. The molecule has 2 heterocycles. The van der Waals surface area contributed by atoms with Gasteiger partial charge in [0.2, 0.25) is 0 Å². The molecule has 0 radical (unpaired) electrons. The fraction of sp³-hybridized carbons (Fsp3) is 0.500. The highest BCUT2D eigenvalue weighted by molar-refractivity contribution is 5.76. The molecule has 1 saturated heterocycles. The zero-order chi connectivity index (χ0) is 12.5. The normalized spacial score (nSPS) is 19.8. The number of nitrogens with zero attached hydrogens (tertiary/aromatic N) is 2. The van der Waals surface area contributed by atoms with E-state index >= 15 is 0 Å². The highest BCUT2D eigenvalue weighted by Gasteiger charge is 2.19. The first-order chi connectivity index (χ1) is 8.78. The summed E-state index contributed by atoms with van der Waals surface area (Å²) < 4.78 is 20.8. The van der Waals surface area contributed by atoms with E-state index in [1.54, 1.807) is 0 Å². The number of aryl methyl sites for hydroxylation is 1. The first-order valence-corrected chi connectivity index (χ1v) is 6.50. The molecule has 2 aromatic rings.